The van der Waals surface area contributed by atoms with Gasteiger partial charge in [-0.05, 0) is 42.8 Å². The van der Waals surface area contributed by atoms with Gasteiger partial charge in [0.2, 0.25) is 6.79 Å². The average Bonchev–Trinajstić information content (AvgIpc) is 3.03. The maximum absolute atomic E-state index is 12.2. The van der Waals surface area contributed by atoms with Crippen LogP contribution in [0.25, 0.3) is 0 Å². The van der Waals surface area contributed by atoms with Crippen LogP contribution < -0.4 is 19.6 Å². The Hall–Kier alpha value is -3.02. The molecule has 0 aliphatic carbocycles. The van der Waals surface area contributed by atoms with Crippen molar-refractivity contribution in [2.75, 3.05) is 13.4 Å². The monoisotopic (exact) mass is 312 g/mol. The van der Waals surface area contributed by atoms with Gasteiger partial charge in [0.25, 0.3) is 5.91 Å². The van der Waals surface area contributed by atoms with Crippen molar-refractivity contribution in [1.29, 1.82) is 0 Å². The molecule has 0 fully saturated rings. The molecule has 0 spiro atoms. The maximum atomic E-state index is 12.2. The Balaban J connectivity index is 1.67. The number of benzene rings is 2. The molecule has 2 aromatic carbocycles. The number of hydrogen-bond acceptors (Lipinski definition) is 5. The summed E-state index contributed by atoms with van der Waals surface area (Å²) in [5.41, 5.74) is 3.73. The van der Waals surface area contributed by atoms with Gasteiger partial charge in [-0.2, -0.15) is 5.10 Å². The van der Waals surface area contributed by atoms with E-state index in [0.717, 1.165) is 5.56 Å². The number of fused-ring (bicyclic) bond motifs is 1. The topological polar surface area (TPSA) is 69.2 Å². The van der Waals surface area contributed by atoms with Gasteiger partial charge in [-0.25, -0.2) is 5.43 Å². The van der Waals surface area contributed by atoms with Crippen LogP contribution in [0.4, 0.5) is 0 Å². The number of hydrazone groups is 1. The Morgan fingerprint density at radius 1 is 1.26 bits per heavy atom. The van der Waals surface area contributed by atoms with Crippen LogP contribution in [0.3, 0.4) is 0 Å². The third-order valence-corrected chi connectivity index (χ3v) is 3.21. The van der Waals surface area contributed by atoms with Crippen LogP contribution >= 0.6 is 0 Å². The minimum Gasteiger partial charge on any atom is -0.493 e. The SMILES string of the molecule is CCOc1ccccc1C(=O)N/N=C/c1ccc2c(c1)OCO2. The summed E-state index contributed by atoms with van der Waals surface area (Å²) in [7, 11) is 0. The largest absolute Gasteiger partial charge is 0.493 e. The molecule has 1 aliphatic heterocycles. The zero-order valence-electron chi connectivity index (χ0n) is 12.6. The summed E-state index contributed by atoms with van der Waals surface area (Å²) in [4.78, 5) is 12.2. The van der Waals surface area contributed by atoms with Crippen LogP contribution in [-0.4, -0.2) is 25.5 Å². The second kappa shape index (κ2) is 6.83. The molecule has 0 atom stereocenters. The van der Waals surface area contributed by atoms with Crippen LogP contribution in [0.1, 0.15) is 22.8 Å². The zero-order valence-corrected chi connectivity index (χ0v) is 12.6. The molecule has 1 heterocycles. The lowest BCUT2D eigenvalue weighted by Crippen LogP contribution is -2.18. The second-order valence-corrected chi connectivity index (χ2v) is 4.74. The van der Waals surface area contributed by atoms with Crippen molar-refractivity contribution >= 4 is 12.1 Å². The normalized spacial score (nSPS) is 12.4. The number of nitrogens with zero attached hydrogens (tertiary/aromatic N) is 1. The molecule has 6 nitrogen and oxygen atoms in total. The molecule has 0 saturated heterocycles. The van der Waals surface area contributed by atoms with Gasteiger partial charge in [0, 0.05) is 0 Å². The Labute approximate surface area is 133 Å². The molecule has 0 saturated carbocycles. The fourth-order valence-electron chi connectivity index (χ4n) is 2.15. The zero-order chi connectivity index (χ0) is 16.1. The third kappa shape index (κ3) is 3.42. The molecular weight excluding hydrogens is 296 g/mol. The Kier molecular flexibility index (Phi) is 4.42. The van der Waals surface area contributed by atoms with Crippen molar-refractivity contribution in [2.45, 2.75) is 6.92 Å². The summed E-state index contributed by atoms with van der Waals surface area (Å²) >= 11 is 0. The van der Waals surface area contributed by atoms with Crippen LogP contribution in [0.5, 0.6) is 17.2 Å². The van der Waals surface area contributed by atoms with E-state index in [4.69, 9.17) is 14.2 Å². The molecular formula is C17H16N2O4. The first kappa shape index (κ1) is 14.9. The lowest BCUT2D eigenvalue weighted by atomic mass is 10.2. The van der Waals surface area contributed by atoms with Gasteiger partial charge in [0.05, 0.1) is 18.4 Å². The molecule has 0 unspecified atom stereocenters. The first-order valence-corrected chi connectivity index (χ1v) is 7.23. The summed E-state index contributed by atoms with van der Waals surface area (Å²) in [6.07, 6.45) is 1.54. The Bertz CT molecular complexity index is 743. The molecule has 1 aliphatic rings. The van der Waals surface area contributed by atoms with E-state index >= 15 is 0 Å². The highest BCUT2D eigenvalue weighted by molar-refractivity contribution is 5.97. The number of carbonyl (C=O) groups is 1. The quantitative estimate of drug-likeness (QED) is 0.680. The second-order valence-electron chi connectivity index (χ2n) is 4.74. The van der Waals surface area contributed by atoms with Crippen LogP contribution in [-0.2, 0) is 0 Å². The van der Waals surface area contributed by atoms with Crippen molar-refractivity contribution in [3.63, 3.8) is 0 Å². The van der Waals surface area contributed by atoms with Gasteiger partial charge >= 0.3 is 0 Å². The van der Waals surface area contributed by atoms with Gasteiger partial charge in [-0.15, -0.1) is 0 Å². The summed E-state index contributed by atoms with van der Waals surface area (Å²) in [5.74, 6) is 1.58. The number of nitrogens with one attached hydrogen (secondary N) is 1. The van der Waals surface area contributed by atoms with Gasteiger partial charge < -0.3 is 14.2 Å². The summed E-state index contributed by atoms with van der Waals surface area (Å²) in [5, 5.41) is 3.97. The van der Waals surface area contributed by atoms with E-state index < -0.39 is 0 Å². The Morgan fingerprint density at radius 2 is 2.09 bits per heavy atom. The first-order valence-electron chi connectivity index (χ1n) is 7.23. The highest BCUT2D eigenvalue weighted by Crippen LogP contribution is 2.31. The van der Waals surface area contributed by atoms with E-state index in [1.165, 1.54) is 0 Å². The minimum atomic E-state index is -0.328. The van der Waals surface area contributed by atoms with E-state index in [2.05, 4.69) is 10.5 Å². The third-order valence-electron chi connectivity index (χ3n) is 3.21. The molecule has 23 heavy (non-hydrogen) atoms. The van der Waals surface area contributed by atoms with E-state index in [-0.39, 0.29) is 12.7 Å². The number of amides is 1. The lowest BCUT2D eigenvalue weighted by molar-refractivity contribution is 0.0951. The molecule has 0 radical (unpaired) electrons. The summed E-state index contributed by atoms with van der Waals surface area (Å²) in [6, 6.07) is 12.5. The van der Waals surface area contributed by atoms with Crippen molar-refractivity contribution in [3.8, 4) is 17.2 Å². The predicted octanol–water partition coefficient (Wildman–Crippen LogP) is 2.58. The highest BCUT2D eigenvalue weighted by Gasteiger charge is 2.13. The van der Waals surface area contributed by atoms with Gasteiger partial charge in [0.1, 0.15) is 5.75 Å². The van der Waals surface area contributed by atoms with Gasteiger partial charge in [-0.3, -0.25) is 4.79 Å². The van der Waals surface area contributed by atoms with Gasteiger partial charge in [0.15, 0.2) is 11.5 Å². The van der Waals surface area contributed by atoms with E-state index in [0.29, 0.717) is 29.4 Å². The highest BCUT2D eigenvalue weighted by atomic mass is 16.7. The molecule has 1 amide bonds. The van der Waals surface area contributed by atoms with Gasteiger partial charge in [-0.1, -0.05) is 12.1 Å². The van der Waals surface area contributed by atoms with E-state index in [9.17, 15) is 4.79 Å². The standard InChI is InChI=1S/C17H16N2O4/c1-2-21-14-6-4-3-5-13(14)17(20)19-18-10-12-7-8-15-16(9-12)23-11-22-15/h3-10H,2,11H2,1H3,(H,19,20)/b18-10+. The van der Waals surface area contributed by atoms with Crippen LogP contribution in [0.15, 0.2) is 47.6 Å². The lowest BCUT2D eigenvalue weighted by Gasteiger charge is -2.08. The molecule has 0 bridgehead atoms. The number of para-hydroxylation sites is 1. The van der Waals surface area contributed by atoms with Crippen LogP contribution in [0.2, 0.25) is 0 Å². The molecule has 118 valence electrons. The minimum absolute atomic E-state index is 0.223. The number of hydrogen-bond donors (Lipinski definition) is 1. The maximum Gasteiger partial charge on any atom is 0.275 e. The molecule has 0 aromatic heterocycles. The summed E-state index contributed by atoms with van der Waals surface area (Å²) < 4.78 is 16.0. The molecule has 6 heteroatoms. The average molecular weight is 312 g/mol. The van der Waals surface area contributed by atoms with E-state index in [1.807, 2.05) is 19.1 Å². The predicted molar refractivity (Wildman–Crippen MR) is 85.2 cm³/mol. The first-order chi connectivity index (χ1) is 11.3. The van der Waals surface area contributed by atoms with Crippen molar-refractivity contribution in [1.82, 2.24) is 5.43 Å². The summed E-state index contributed by atoms with van der Waals surface area (Å²) in [6.45, 7) is 2.58. The van der Waals surface area contributed by atoms with Crippen LogP contribution in [0, 0.1) is 0 Å². The van der Waals surface area contributed by atoms with Crippen molar-refractivity contribution < 1.29 is 19.0 Å². The number of rotatable bonds is 5. The molecule has 2 aromatic rings. The fourth-order valence-corrected chi connectivity index (χ4v) is 2.15. The van der Waals surface area contributed by atoms with Crippen molar-refractivity contribution in [2.24, 2.45) is 5.10 Å². The Morgan fingerprint density at radius 3 is 2.96 bits per heavy atom. The molecule has 1 N–H and O–H groups in total. The fraction of sp³-hybridized carbons (Fsp3) is 0.176. The van der Waals surface area contributed by atoms with E-state index in [1.54, 1.807) is 36.5 Å². The van der Waals surface area contributed by atoms with Crippen molar-refractivity contribution in [3.05, 3.63) is 53.6 Å². The number of carbonyl (C=O) groups excluding carboxylic acids is 1. The smallest absolute Gasteiger partial charge is 0.275 e. The number of ether oxygens (including phenoxy) is 3. The molecule has 3 rings (SSSR count).